The highest BCUT2D eigenvalue weighted by molar-refractivity contribution is 5.97. The van der Waals surface area contributed by atoms with Gasteiger partial charge >= 0.3 is 0 Å². The smallest absolute Gasteiger partial charge is 0.181 e. The zero-order valence-electron chi connectivity index (χ0n) is 23.6. The van der Waals surface area contributed by atoms with E-state index in [4.69, 9.17) is 9.72 Å². The van der Waals surface area contributed by atoms with Crippen LogP contribution in [0.3, 0.4) is 0 Å². The topological polar surface area (TPSA) is 82.7 Å². The van der Waals surface area contributed by atoms with Crippen LogP contribution in [-0.4, -0.2) is 55.5 Å². The van der Waals surface area contributed by atoms with E-state index >= 15 is 0 Å². The standard InChI is InChI=1S/C32H38N6O/c1-20-6-7-21(2)38(20)14-15-39-26-12-10-22-16-24(9-8-23(22)17-26)30-27-18-25(11-13-28(27)34-36-30)31-33-29(35-37-31)19-32(3,4)5/h8-13,16-18,20-21H,6-7,14-15,19H2,1-5H3,(H,34,36)(H,33,35,37)/t20-,21+. The third-order valence-corrected chi connectivity index (χ3v) is 7.89. The first-order valence-electron chi connectivity index (χ1n) is 14.1. The fraction of sp³-hybridized carbons (Fsp3) is 0.406. The van der Waals surface area contributed by atoms with Gasteiger partial charge in [-0.2, -0.15) is 10.2 Å². The van der Waals surface area contributed by atoms with Crippen molar-refractivity contribution in [3.05, 3.63) is 60.4 Å². The number of nitrogens with zero attached hydrogens (tertiary/aromatic N) is 4. The number of H-pyrrole nitrogens is 2. The predicted octanol–water partition coefficient (Wildman–Crippen LogP) is 7.01. The summed E-state index contributed by atoms with van der Waals surface area (Å²) in [5, 5.41) is 18.8. The first-order chi connectivity index (χ1) is 18.7. The summed E-state index contributed by atoms with van der Waals surface area (Å²) < 4.78 is 6.14. The van der Waals surface area contributed by atoms with Crippen LogP contribution in [0.4, 0.5) is 0 Å². The molecule has 3 heterocycles. The highest BCUT2D eigenvalue weighted by atomic mass is 16.5. The van der Waals surface area contributed by atoms with Crippen molar-refractivity contribution in [3.8, 4) is 28.4 Å². The summed E-state index contributed by atoms with van der Waals surface area (Å²) in [5.41, 5.74) is 4.10. The van der Waals surface area contributed by atoms with Gasteiger partial charge in [-0.1, -0.05) is 39.0 Å². The summed E-state index contributed by atoms with van der Waals surface area (Å²) in [6.45, 7) is 12.9. The molecule has 6 rings (SSSR count). The van der Waals surface area contributed by atoms with Gasteiger partial charge in [0.25, 0.3) is 0 Å². The molecule has 2 atom stereocenters. The van der Waals surface area contributed by atoms with Crippen molar-refractivity contribution in [1.82, 2.24) is 30.3 Å². The van der Waals surface area contributed by atoms with E-state index in [2.05, 4.69) is 108 Å². The molecule has 0 saturated carbocycles. The average molecular weight is 523 g/mol. The Morgan fingerprint density at radius 2 is 1.62 bits per heavy atom. The molecular weight excluding hydrogens is 484 g/mol. The molecular formula is C32H38N6O. The molecule has 39 heavy (non-hydrogen) atoms. The third kappa shape index (κ3) is 5.41. The lowest BCUT2D eigenvalue weighted by atomic mass is 9.92. The van der Waals surface area contributed by atoms with Gasteiger partial charge in [-0.05, 0) is 79.3 Å². The number of hydrogen-bond acceptors (Lipinski definition) is 5. The summed E-state index contributed by atoms with van der Waals surface area (Å²) in [6.07, 6.45) is 3.41. The molecule has 0 unspecified atom stereocenters. The molecule has 0 bridgehead atoms. The molecule has 5 aromatic rings. The van der Waals surface area contributed by atoms with Crippen molar-refractivity contribution in [3.63, 3.8) is 0 Å². The van der Waals surface area contributed by atoms with E-state index in [0.29, 0.717) is 24.5 Å². The molecule has 202 valence electrons. The Morgan fingerprint density at radius 1 is 0.872 bits per heavy atom. The Labute approximate surface area is 230 Å². The van der Waals surface area contributed by atoms with Gasteiger partial charge < -0.3 is 4.74 Å². The molecule has 1 saturated heterocycles. The Hall–Kier alpha value is -3.71. The molecule has 2 N–H and O–H groups in total. The van der Waals surface area contributed by atoms with Gasteiger partial charge in [-0.15, -0.1) is 0 Å². The van der Waals surface area contributed by atoms with Crippen molar-refractivity contribution >= 4 is 21.7 Å². The first kappa shape index (κ1) is 25.6. The summed E-state index contributed by atoms with van der Waals surface area (Å²) in [7, 11) is 0. The fourth-order valence-corrected chi connectivity index (χ4v) is 5.80. The monoisotopic (exact) mass is 522 g/mol. The number of ether oxygens (including phenoxy) is 1. The normalized spacial score (nSPS) is 18.4. The van der Waals surface area contributed by atoms with E-state index in [0.717, 1.165) is 63.0 Å². The van der Waals surface area contributed by atoms with E-state index in [9.17, 15) is 0 Å². The molecule has 0 spiro atoms. The van der Waals surface area contributed by atoms with Crippen LogP contribution in [-0.2, 0) is 6.42 Å². The predicted molar refractivity (Wildman–Crippen MR) is 158 cm³/mol. The van der Waals surface area contributed by atoms with Crippen LogP contribution < -0.4 is 4.74 Å². The van der Waals surface area contributed by atoms with Crippen molar-refractivity contribution in [1.29, 1.82) is 0 Å². The minimum absolute atomic E-state index is 0.145. The molecule has 7 heteroatoms. The Kier molecular flexibility index (Phi) is 6.63. The zero-order chi connectivity index (χ0) is 27.1. The minimum atomic E-state index is 0.145. The van der Waals surface area contributed by atoms with E-state index in [1.807, 2.05) is 6.07 Å². The molecule has 2 aromatic heterocycles. The summed E-state index contributed by atoms with van der Waals surface area (Å²) in [4.78, 5) is 7.30. The van der Waals surface area contributed by atoms with Crippen LogP contribution >= 0.6 is 0 Å². The largest absolute Gasteiger partial charge is 0.492 e. The third-order valence-electron chi connectivity index (χ3n) is 7.89. The molecule has 1 aliphatic heterocycles. The molecule has 0 radical (unpaired) electrons. The second-order valence-electron chi connectivity index (χ2n) is 12.3. The number of rotatable bonds is 7. The highest BCUT2D eigenvalue weighted by Crippen LogP contribution is 2.32. The number of aromatic nitrogens is 5. The van der Waals surface area contributed by atoms with Crippen LogP contribution in [0.5, 0.6) is 5.75 Å². The number of likely N-dealkylation sites (tertiary alicyclic amines) is 1. The lowest BCUT2D eigenvalue weighted by Gasteiger charge is -2.25. The number of fused-ring (bicyclic) bond motifs is 2. The van der Waals surface area contributed by atoms with Gasteiger partial charge in [-0.25, -0.2) is 4.98 Å². The summed E-state index contributed by atoms with van der Waals surface area (Å²) >= 11 is 0. The molecule has 0 amide bonds. The zero-order valence-corrected chi connectivity index (χ0v) is 23.6. The van der Waals surface area contributed by atoms with Gasteiger partial charge in [0, 0.05) is 41.6 Å². The van der Waals surface area contributed by atoms with E-state index in [1.165, 1.54) is 12.8 Å². The van der Waals surface area contributed by atoms with Crippen LogP contribution in [0.15, 0.2) is 54.6 Å². The second kappa shape index (κ2) is 10.1. The number of hydrogen-bond donors (Lipinski definition) is 2. The Balaban J connectivity index is 1.21. The van der Waals surface area contributed by atoms with Crippen molar-refractivity contribution in [2.45, 2.75) is 66.0 Å². The maximum absolute atomic E-state index is 6.14. The molecule has 7 nitrogen and oxygen atoms in total. The van der Waals surface area contributed by atoms with Crippen molar-refractivity contribution < 1.29 is 4.74 Å². The Morgan fingerprint density at radius 3 is 2.41 bits per heavy atom. The highest BCUT2D eigenvalue weighted by Gasteiger charge is 2.26. The second-order valence-corrected chi connectivity index (χ2v) is 12.3. The van der Waals surface area contributed by atoms with Crippen LogP contribution in [0.25, 0.3) is 44.3 Å². The molecule has 1 fully saturated rings. The van der Waals surface area contributed by atoms with E-state index in [1.54, 1.807) is 0 Å². The lowest BCUT2D eigenvalue weighted by Crippen LogP contribution is -2.36. The number of nitrogens with one attached hydrogen (secondary N) is 2. The van der Waals surface area contributed by atoms with Crippen LogP contribution in [0.1, 0.15) is 53.3 Å². The van der Waals surface area contributed by atoms with Gasteiger partial charge in [0.15, 0.2) is 5.82 Å². The minimum Gasteiger partial charge on any atom is -0.492 e. The fourth-order valence-electron chi connectivity index (χ4n) is 5.80. The molecule has 1 aliphatic rings. The van der Waals surface area contributed by atoms with Gasteiger partial charge in [0.1, 0.15) is 18.2 Å². The Bertz CT molecular complexity index is 1600. The van der Waals surface area contributed by atoms with E-state index < -0.39 is 0 Å². The number of aromatic amines is 2. The van der Waals surface area contributed by atoms with Crippen molar-refractivity contribution in [2.75, 3.05) is 13.2 Å². The van der Waals surface area contributed by atoms with Gasteiger partial charge in [0.2, 0.25) is 0 Å². The molecule has 0 aliphatic carbocycles. The van der Waals surface area contributed by atoms with Crippen LogP contribution in [0, 0.1) is 5.41 Å². The SMILES string of the molecule is C[C@@H]1CC[C@H](C)N1CCOc1ccc2cc(-c3n[nH]c4ccc(-c5n[nH]c(CC(C)(C)C)n5)cc34)ccc2c1. The van der Waals surface area contributed by atoms with E-state index in [-0.39, 0.29) is 5.41 Å². The summed E-state index contributed by atoms with van der Waals surface area (Å²) in [5.74, 6) is 2.54. The number of benzene rings is 3. The quantitative estimate of drug-likeness (QED) is 0.240. The van der Waals surface area contributed by atoms with Crippen LogP contribution in [0.2, 0.25) is 0 Å². The first-order valence-corrected chi connectivity index (χ1v) is 14.1. The molecule has 3 aromatic carbocycles. The summed E-state index contributed by atoms with van der Waals surface area (Å²) in [6, 6.07) is 20.3. The van der Waals surface area contributed by atoms with Gasteiger partial charge in [0.05, 0.1) is 11.2 Å². The maximum Gasteiger partial charge on any atom is 0.181 e. The average Bonchev–Trinajstić information content (AvgIpc) is 3.62. The maximum atomic E-state index is 6.14. The van der Waals surface area contributed by atoms with Gasteiger partial charge in [-0.3, -0.25) is 15.1 Å². The lowest BCUT2D eigenvalue weighted by molar-refractivity contribution is 0.170. The van der Waals surface area contributed by atoms with Crippen molar-refractivity contribution in [2.24, 2.45) is 5.41 Å².